The van der Waals surface area contributed by atoms with Crippen molar-refractivity contribution >= 4 is 5.78 Å². The minimum atomic E-state index is 0.320. The van der Waals surface area contributed by atoms with Crippen molar-refractivity contribution in [1.82, 2.24) is 0 Å². The molecular formula is C18H30O. The van der Waals surface area contributed by atoms with Crippen molar-refractivity contribution in [2.75, 3.05) is 0 Å². The lowest BCUT2D eigenvalue weighted by Gasteiger charge is -1.97. The van der Waals surface area contributed by atoms with Crippen LogP contribution in [0, 0.1) is 0 Å². The molecule has 0 rings (SSSR count). The van der Waals surface area contributed by atoms with Gasteiger partial charge in [0.15, 0.2) is 0 Å². The Kier molecular flexibility index (Phi) is 14.1. The molecule has 108 valence electrons. The SMILES string of the molecule is CC/C=C\C/C=C\C/C=C\CCCCCCC(C)=O. The third kappa shape index (κ3) is 16.9. The van der Waals surface area contributed by atoms with Gasteiger partial charge in [-0.05, 0) is 45.4 Å². The van der Waals surface area contributed by atoms with Crippen LogP contribution in [-0.2, 0) is 4.79 Å². The van der Waals surface area contributed by atoms with Crippen molar-refractivity contribution in [3.63, 3.8) is 0 Å². The summed E-state index contributed by atoms with van der Waals surface area (Å²) in [6.07, 6.45) is 23.3. The zero-order valence-electron chi connectivity index (χ0n) is 12.7. The normalized spacial score (nSPS) is 12.1. The molecule has 0 saturated carbocycles. The van der Waals surface area contributed by atoms with Crippen LogP contribution in [0.4, 0.5) is 0 Å². The number of carbonyl (C=O) groups is 1. The lowest BCUT2D eigenvalue weighted by atomic mass is 10.1. The number of carbonyl (C=O) groups excluding carboxylic acids is 1. The van der Waals surface area contributed by atoms with E-state index >= 15 is 0 Å². The Labute approximate surface area is 119 Å². The van der Waals surface area contributed by atoms with Gasteiger partial charge in [0.05, 0.1) is 0 Å². The molecule has 0 aliphatic rings. The van der Waals surface area contributed by atoms with Crippen molar-refractivity contribution in [3.8, 4) is 0 Å². The highest BCUT2D eigenvalue weighted by molar-refractivity contribution is 5.75. The van der Waals surface area contributed by atoms with Gasteiger partial charge >= 0.3 is 0 Å². The van der Waals surface area contributed by atoms with E-state index < -0.39 is 0 Å². The van der Waals surface area contributed by atoms with Crippen molar-refractivity contribution in [3.05, 3.63) is 36.5 Å². The molecule has 0 unspecified atom stereocenters. The molecule has 0 saturated heterocycles. The third-order valence-corrected chi connectivity index (χ3v) is 2.93. The van der Waals surface area contributed by atoms with Gasteiger partial charge in [-0.3, -0.25) is 0 Å². The molecule has 0 bridgehead atoms. The van der Waals surface area contributed by atoms with Gasteiger partial charge in [0.25, 0.3) is 0 Å². The van der Waals surface area contributed by atoms with Gasteiger partial charge < -0.3 is 4.79 Å². The second-order valence-corrected chi connectivity index (χ2v) is 4.95. The monoisotopic (exact) mass is 262 g/mol. The molecule has 0 aromatic carbocycles. The number of hydrogen-bond donors (Lipinski definition) is 0. The molecule has 0 aromatic rings. The van der Waals surface area contributed by atoms with E-state index in [9.17, 15) is 4.79 Å². The smallest absolute Gasteiger partial charge is 0.129 e. The Morgan fingerprint density at radius 1 is 0.789 bits per heavy atom. The summed E-state index contributed by atoms with van der Waals surface area (Å²) < 4.78 is 0. The number of unbranched alkanes of at least 4 members (excludes halogenated alkanes) is 4. The number of allylic oxidation sites excluding steroid dienone is 6. The van der Waals surface area contributed by atoms with Gasteiger partial charge in [-0.25, -0.2) is 0 Å². The molecule has 0 aliphatic carbocycles. The number of rotatable bonds is 12. The minimum absolute atomic E-state index is 0.320. The fourth-order valence-corrected chi connectivity index (χ4v) is 1.82. The fraction of sp³-hybridized carbons (Fsp3) is 0.611. The summed E-state index contributed by atoms with van der Waals surface area (Å²) in [7, 11) is 0. The van der Waals surface area contributed by atoms with E-state index in [1.54, 1.807) is 6.92 Å². The molecule has 0 radical (unpaired) electrons. The van der Waals surface area contributed by atoms with E-state index in [-0.39, 0.29) is 0 Å². The molecule has 19 heavy (non-hydrogen) atoms. The highest BCUT2D eigenvalue weighted by Gasteiger charge is 1.92. The quantitative estimate of drug-likeness (QED) is 0.322. The predicted octanol–water partition coefficient (Wildman–Crippen LogP) is 5.77. The van der Waals surface area contributed by atoms with E-state index in [2.05, 4.69) is 43.4 Å². The topological polar surface area (TPSA) is 17.1 Å². The summed E-state index contributed by atoms with van der Waals surface area (Å²) in [5.41, 5.74) is 0. The van der Waals surface area contributed by atoms with Gasteiger partial charge in [0, 0.05) is 6.42 Å². The summed E-state index contributed by atoms with van der Waals surface area (Å²) in [4.78, 5) is 10.7. The maximum absolute atomic E-state index is 10.7. The van der Waals surface area contributed by atoms with Crippen LogP contribution < -0.4 is 0 Å². The van der Waals surface area contributed by atoms with Crippen LogP contribution in [-0.4, -0.2) is 5.78 Å². The molecule has 1 heteroatoms. The molecule has 0 amide bonds. The van der Waals surface area contributed by atoms with Crippen LogP contribution in [0.3, 0.4) is 0 Å². The van der Waals surface area contributed by atoms with E-state index in [1.165, 1.54) is 25.7 Å². The highest BCUT2D eigenvalue weighted by atomic mass is 16.1. The summed E-state index contributed by atoms with van der Waals surface area (Å²) >= 11 is 0. The standard InChI is InChI=1S/C18H30O/c1-3-4-5-6-7-8-9-10-11-12-13-14-15-16-17-18(2)19/h4-5,7-8,10-11H,3,6,9,12-17H2,1-2H3/b5-4-,8-7-,11-10-. The van der Waals surface area contributed by atoms with E-state index in [1.807, 2.05) is 0 Å². The lowest BCUT2D eigenvalue weighted by molar-refractivity contribution is -0.117. The van der Waals surface area contributed by atoms with Crippen molar-refractivity contribution in [2.45, 2.75) is 71.6 Å². The summed E-state index contributed by atoms with van der Waals surface area (Å²) in [6, 6.07) is 0. The largest absolute Gasteiger partial charge is 0.300 e. The van der Waals surface area contributed by atoms with Crippen LogP contribution in [0.15, 0.2) is 36.5 Å². The van der Waals surface area contributed by atoms with Gasteiger partial charge in [0.1, 0.15) is 5.78 Å². The number of Topliss-reactive ketones (excluding diaryl/α,β-unsaturated/α-hetero) is 1. The van der Waals surface area contributed by atoms with Crippen molar-refractivity contribution in [2.24, 2.45) is 0 Å². The van der Waals surface area contributed by atoms with Crippen LogP contribution in [0.1, 0.15) is 71.6 Å². The summed E-state index contributed by atoms with van der Waals surface area (Å²) in [5, 5.41) is 0. The molecule has 0 spiro atoms. The number of hydrogen-bond acceptors (Lipinski definition) is 1. The van der Waals surface area contributed by atoms with E-state index in [0.717, 1.165) is 32.1 Å². The summed E-state index contributed by atoms with van der Waals surface area (Å²) in [5.74, 6) is 0.320. The van der Waals surface area contributed by atoms with Crippen molar-refractivity contribution in [1.29, 1.82) is 0 Å². The molecular weight excluding hydrogens is 232 g/mol. The Morgan fingerprint density at radius 3 is 2.00 bits per heavy atom. The van der Waals surface area contributed by atoms with Crippen LogP contribution >= 0.6 is 0 Å². The van der Waals surface area contributed by atoms with Crippen LogP contribution in [0.25, 0.3) is 0 Å². The second-order valence-electron chi connectivity index (χ2n) is 4.95. The second kappa shape index (κ2) is 14.9. The Morgan fingerprint density at radius 2 is 1.37 bits per heavy atom. The maximum atomic E-state index is 10.7. The highest BCUT2D eigenvalue weighted by Crippen LogP contribution is 2.06. The first-order chi connectivity index (χ1) is 9.27. The average molecular weight is 262 g/mol. The molecule has 0 N–H and O–H groups in total. The van der Waals surface area contributed by atoms with Gasteiger partial charge in [-0.2, -0.15) is 0 Å². The maximum Gasteiger partial charge on any atom is 0.129 e. The first kappa shape index (κ1) is 17.9. The average Bonchev–Trinajstić information content (AvgIpc) is 2.39. The lowest BCUT2D eigenvalue weighted by Crippen LogP contribution is -1.88. The van der Waals surface area contributed by atoms with Gasteiger partial charge in [0.2, 0.25) is 0 Å². The van der Waals surface area contributed by atoms with Crippen molar-refractivity contribution < 1.29 is 4.79 Å². The van der Waals surface area contributed by atoms with Gasteiger partial charge in [-0.15, -0.1) is 0 Å². The fourth-order valence-electron chi connectivity index (χ4n) is 1.82. The predicted molar refractivity (Wildman–Crippen MR) is 85.3 cm³/mol. The Bertz CT molecular complexity index is 284. The molecule has 0 heterocycles. The Hall–Kier alpha value is -1.11. The number of ketones is 1. The first-order valence-electron chi connectivity index (χ1n) is 7.71. The molecule has 0 aliphatic heterocycles. The van der Waals surface area contributed by atoms with Crippen LogP contribution in [0.5, 0.6) is 0 Å². The van der Waals surface area contributed by atoms with E-state index in [0.29, 0.717) is 5.78 Å². The third-order valence-electron chi connectivity index (χ3n) is 2.93. The molecule has 0 atom stereocenters. The van der Waals surface area contributed by atoms with E-state index in [4.69, 9.17) is 0 Å². The molecule has 0 fully saturated rings. The Balaban J connectivity index is 3.25. The summed E-state index contributed by atoms with van der Waals surface area (Å²) in [6.45, 7) is 3.83. The molecule has 0 aromatic heterocycles. The first-order valence-corrected chi connectivity index (χ1v) is 7.71. The minimum Gasteiger partial charge on any atom is -0.300 e. The zero-order chi connectivity index (χ0) is 14.2. The van der Waals surface area contributed by atoms with Gasteiger partial charge in [-0.1, -0.05) is 56.2 Å². The zero-order valence-corrected chi connectivity index (χ0v) is 12.7. The molecule has 1 nitrogen and oxygen atoms in total. The van der Waals surface area contributed by atoms with Crippen LogP contribution in [0.2, 0.25) is 0 Å².